The summed E-state index contributed by atoms with van der Waals surface area (Å²) in [5, 5.41) is 28.1. The van der Waals surface area contributed by atoms with Crippen LogP contribution in [0.25, 0.3) is 0 Å². The molecule has 86 valence electrons. The van der Waals surface area contributed by atoms with E-state index in [1.54, 1.807) is 0 Å². The summed E-state index contributed by atoms with van der Waals surface area (Å²) in [6.07, 6.45) is -1.98. The number of rotatable bonds is 3. The molecule has 0 bridgehead atoms. The van der Waals surface area contributed by atoms with Crippen molar-refractivity contribution in [3.63, 3.8) is 0 Å². The standard InChI is InChI=1S/C9H8FNO5/c1-4-6(10)2-5(8(12)9(13)14)3-7(4)11(15)16/h2-3,8,12H,1H3,(H,13,14). The lowest BCUT2D eigenvalue weighted by atomic mass is 10.1. The predicted molar refractivity (Wildman–Crippen MR) is 50.4 cm³/mol. The maximum Gasteiger partial charge on any atom is 0.337 e. The van der Waals surface area contributed by atoms with E-state index in [2.05, 4.69) is 0 Å². The Bertz CT molecular complexity index is 459. The first-order valence-electron chi connectivity index (χ1n) is 4.20. The van der Waals surface area contributed by atoms with Crippen LogP contribution in [0.15, 0.2) is 12.1 Å². The van der Waals surface area contributed by atoms with Gasteiger partial charge in [-0.1, -0.05) is 0 Å². The van der Waals surface area contributed by atoms with E-state index in [-0.39, 0.29) is 11.1 Å². The summed E-state index contributed by atoms with van der Waals surface area (Å²) < 4.78 is 13.2. The summed E-state index contributed by atoms with van der Waals surface area (Å²) in [6, 6.07) is 1.61. The van der Waals surface area contributed by atoms with Crippen LogP contribution in [0.4, 0.5) is 10.1 Å². The van der Waals surface area contributed by atoms with Crippen LogP contribution in [-0.4, -0.2) is 21.1 Å². The largest absolute Gasteiger partial charge is 0.479 e. The first-order chi connectivity index (χ1) is 7.34. The Labute approximate surface area is 89.1 Å². The lowest BCUT2D eigenvalue weighted by Gasteiger charge is -2.07. The van der Waals surface area contributed by atoms with E-state index in [0.717, 1.165) is 12.1 Å². The van der Waals surface area contributed by atoms with E-state index in [0.29, 0.717) is 0 Å². The Morgan fingerprint density at radius 3 is 2.56 bits per heavy atom. The van der Waals surface area contributed by atoms with Gasteiger partial charge in [-0.05, 0) is 13.0 Å². The fraction of sp³-hybridized carbons (Fsp3) is 0.222. The number of nitrogens with zero attached hydrogens (tertiary/aromatic N) is 1. The SMILES string of the molecule is Cc1c(F)cc(C(O)C(=O)O)cc1[N+](=O)[O-]. The second kappa shape index (κ2) is 4.23. The van der Waals surface area contributed by atoms with Gasteiger partial charge < -0.3 is 10.2 Å². The van der Waals surface area contributed by atoms with Gasteiger partial charge in [0.05, 0.1) is 10.5 Å². The Hall–Kier alpha value is -2.02. The molecule has 0 saturated heterocycles. The molecule has 0 radical (unpaired) electrons. The Balaban J connectivity index is 3.34. The minimum Gasteiger partial charge on any atom is -0.479 e. The van der Waals surface area contributed by atoms with Crippen LogP contribution in [0.1, 0.15) is 17.2 Å². The molecule has 1 atom stereocenters. The van der Waals surface area contributed by atoms with Crippen molar-refractivity contribution in [2.75, 3.05) is 0 Å². The van der Waals surface area contributed by atoms with E-state index in [4.69, 9.17) is 10.2 Å². The molecule has 0 aliphatic heterocycles. The van der Waals surface area contributed by atoms with Crippen LogP contribution in [0.5, 0.6) is 0 Å². The van der Waals surface area contributed by atoms with Crippen molar-refractivity contribution in [2.24, 2.45) is 0 Å². The summed E-state index contributed by atoms with van der Waals surface area (Å²) in [5.41, 5.74) is -1.12. The Morgan fingerprint density at radius 2 is 2.12 bits per heavy atom. The fourth-order valence-electron chi connectivity index (χ4n) is 1.17. The monoisotopic (exact) mass is 229 g/mol. The first kappa shape index (κ1) is 12.1. The van der Waals surface area contributed by atoms with Gasteiger partial charge in [-0.3, -0.25) is 10.1 Å². The highest BCUT2D eigenvalue weighted by Gasteiger charge is 2.23. The first-order valence-corrected chi connectivity index (χ1v) is 4.20. The van der Waals surface area contributed by atoms with Crippen molar-refractivity contribution < 1.29 is 24.3 Å². The molecule has 1 rings (SSSR count). The fourth-order valence-corrected chi connectivity index (χ4v) is 1.17. The number of aliphatic hydroxyl groups is 1. The van der Waals surface area contributed by atoms with Gasteiger partial charge >= 0.3 is 5.97 Å². The number of hydrogen-bond donors (Lipinski definition) is 2. The number of carboxylic acid groups (broad SMARTS) is 1. The van der Waals surface area contributed by atoms with E-state index in [1.807, 2.05) is 0 Å². The summed E-state index contributed by atoms with van der Waals surface area (Å²) in [4.78, 5) is 20.1. The molecule has 1 unspecified atom stereocenters. The Morgan fingerprint density at radius 1 is 1.56 bits per heavy atom. The minimum atomic E-state index is -1.98. The molecule has 0 spiro atoms. The predicted octanol–water partition coefficient (Wildman–Crippen LogP) is 1.16. The molecule has 0 amide bonds. The van der Waals surface area contributed by atoms with Crippen LogP contribution >= 0.6 is 0 Å². The highest BCUT2D eigenvalue weighted by molar-refractivity contribution is 5.74. The molecule has 2 N–H and O–H groups in total. The highest BCUT2D eigenvalue weighted by atomic mass is 19.1. The zero-order valence-corrected chi connectivity index (χ0v) is 8.18. The van der Waals surface area contributed by atoms with Crippen molar-refractivity contribution in [1.82, 2.24) is 0 Å². The zero-order valence-electron chi connectivity index (χ0n) is 8.18. The summed E-state index contributed by atoms with van der Waals surface area (Å²) in [5.74, 6) is -2.53. The molecule has 6 nitrogen and oxygen atoms in total. The van der Waals surface area contributed by atoms with Crippen molar-refractivity contribution in [1.29, 1.82) is 0 Å². The number of carboxylic acids is 1. The number of carbonyl (C=O) groups is 1. The molecule has 16 heavy (non-hydrogen) atoms. The van der Waals surface area contributed by atoms with Gasteiger partial charge in [0, 0.05) is 11.6 Å². The number of nitro benzene ring substituents is 1. The lowest BCUT2D eigenvalue weighted by Crippen LogP contribution is -2.11. The van der Waals surface area contributed by atoms with Gasteiger partial charge in [-0.25, -0.2) is 9.18 Å². The van der Waals surface area contributed by atoms with Gasteiger partial charge in [0.1, 0.15) is 5.82 Å². The molecule has 1 aromatic rings. The summed E-state index contributed by atoms with van der Waals surface area (Å²) >= 11 is 0. The van der Waals surface area contributed by atoms with Gasteiger partial charge in [0.25, 0.3) is 5.69 Å². The molecule has 0 fully saturated rings. The number of benzene rings is 1. The number of aliphatic carboxylic acids is 1. The van der Waals surface area contributed by atoms with Crippen LogP contribution in [0.2, 0.25) is 0 Å². The van der Waals surface area contributed by atoms with E-state index < -0.39 is 28.5 Å². The van der Waals surface area contributed by atoms with Crippen molar-refractivity contribution in [3.8, 4) is 0 Å². The second-order valence-electron chi connectivity index (χ2n) is 3.14. The van der Waals surface area contributed by atoms with E-state index in [1.165, 1.54) is 6.92 Å². The number of aliphatic hydroxyl groups excluding tert-OH is 1. The van der Waals surface area contributed by atoms with Gasteiger partial charge in [-0.15, -0.1) is 0 Å². The minimum absolute atomic E-state index is 0.202. The highest BCUT2D eigenvalue weighted by Crippen LogP contribution is 2.26. The average molecular weight is 229 g/mol. The molecule has 0 aromatic heterocycles. The van der Waals surface area contributed by atoms with Gasteiger partial charge in [0.2, 0.25) is 0 Å². The van der Waals surface area contributed by atoms with Crippen LogP contribution in [0, 0.1) is 22.9 Å². The molecule has 7 heteroatoms. The van der Waals surface area contributed by atoms with Crippen molar-refractivity contribution in [3.05, 3.63) is 39.2 Å². The second-order valence-corrected chi connectivity index (χ2v) is 3.14. The number of hydrogen-bond acceptors (Lipinski definition) is 4. The maximum atomic E-state index is 13.2. The van der Waals surface area contributed by atoms with Crippen LogP contribution in [-0.2, 0) is 4.79 Å². The third kappa shape index (κ3) is 2.14. The molecule has 0 saturated carbocycles. The molecule has 1 aromatic carbocycles. The molecule has 0 aliphatic rings. The smallest absolute Gasteiger partial charge is 0.337 e. The maximum absolute atomic E-state index is 13.2. The van der Waals surface area contributed by atoms with Gasteiger partial charge in [0.15, 0.2) is 6.10 Å². The molecular weight excluding hydrogens is 221 g/mol. The zero-order chi connectivity index (χ0) is 12.5. The molecule has 0 aliphatic carbocycles. The number of nitro groups is 1. The summed E-state index contributed by atoms with van der Waals surface area (Å²) in [6.45, 7) is 1.20. The number of halogens is 1. The van der Waals surface area contributed by atoms with Gasteiger partial charge in [-0.2, -0.15) is 0 Å². The summed E-state index contributed by atoms with van der Waals surface area (Å²) in [7, 11) is 0. The quantitative estimate of drug-likeness (QED) is 0.598. The van der Waals surface area contributed by atoms with E-state index in [9.17, 15) is 19.3 Å². The topological polar surface area (TPSA) is 101 Å². The third-order valence-corrected chi connectivity index (χ3v) is 2.09. The van der Waals surface area contributed by atoms with Crippen LogP contribution < -0.4 is 0 Å². The third-order valence-electron chi connectivity index (χ3n) is 2.09. The normalized spacial score (nSPS) is 12.2. The van der Waals surface area contributed by atoms with Crippen molar-refractivity contribution >= 4 is 11.7 Å². The van der Waals surface area contributed by atoms with Crippen LogP contribution in [0.3, 0.4) is 0 Å². The molecular formula is C9H8FNO5. The lowest BCUT2D eigenvalue weighted by molar-refractivity contribution is -0.385. The Kier molecular flexibility index (Phi) is 3.19. The average Bonchev–Trinajstić information content (AvgIpc) is 2.20. The van der Waals surface area contributed by atoms with Crippen molar-refractivity contribution in [2.45, 2.75) is 13.0 Å². The van der Waals surface area contributed by atoms with E-state index >= 15 is 0 Å². The molecule has 0 heterocycles.